The summed E-state index contributed by atoms with van der Waals surface area (Å²) in [6.07, 6.45) is 2.46. The molecule has 0 fully saturated rings. The van der Waals surface area contributed by atoms with E-state index in [1.165, 1.54) is 6.07 Å². The fraction of sp³-hybridized carbons (Fsp3) is 0.393. The van der Waals surface area contributed by atoms with Crippen LogP contribution in [0.5, 0.6) is 0 Å². The van der Waals surface area contributed by atoms with E-state index in [2.05, 4.69) is 20.1 Å². The van der Waals surface area contributed by atoms with Crippen LogP contribution in [0.1, 0.15) is 43.2 Å². The topological polar surface area (TPSA) is 96.2 Å². The summed E-state index contributed by atoms with van der Waals surface area (Å²) in [6.45, 7) is 8.03. The van der Waals surface area contributed by atoms with E-state index in [0.29, 0.717) is 5.56 Å². The molecule has 35 heavy (non-hydrogen) atoms. The second-order valence-corrected chi connectivity index (χ2v) is 8.44. The summed E-state index contributed by atoms with van der Waals surface area (Å²) in [5.41, 5.74) is 3.08. The molecule has 0 aliphatic heterocycles. The van der Waals surface area contributed by atoms with Crippen LogP contribution in [0.3, 0.4) is 0 Å². The van der Waals surface area contributed by atoms with E-state index >= 15 is 0 Å². The first kappa shape index (κ1) is 28.4. The maximum absolute atomic E-state index is 14.6. The molecule has 2 unspecified atom stereocenters. The van der Waals surface area contributed by atoms with Gasteiger partial charge in [0, 0.05) is 11.5 Å². The summed E-state index contributed by atoms with van der Waals surface area (Å²) in [5.74, 6) is -1.41. The Morgan fingerprint density at radius 3 is 2.29 bits per heavy atom. The van der Waals surface area contributed by atoms with E-state index in [9.17, 15) is 14.3 Å². The van der Waals surface area contributed by atoms with Crippen molar-refractivity contribution < 1.29 is 34.0 Å². The Morgan fingerprint density at radius 1 is 1.00 bits per heavy atom. The molecule has 0 aliphatic rings. The van der Waals surface area contributed by atoms with E-state index in [0.717, 1.165) is 42.4 Å². The number of benzene rings is 2. The maximum Gasteiger partial charge on any atom is 0.335 e. The first-order valence-electron chi connectivity index (χ1n) is 11.7. The predicted octanol–water partition coefficient (Wildman–Crippen LogP) is 4.28. The molecule has 0 saturated carbocycles. The van der Waals surface area contributed by atoms with Crippen LogP contribution in [-0.2, 0) is 20.7 Å². The van der Waals surface area contributed by atoms with E-state index in [1.54, 1.807) is 0 Å². The van der Waals surface area contributed by atoms with Crippen molar-refractivity contribution in [2.45, 2.75) is 44.8 Å². The van der Waals surface area contributed by atoms with Gasteiger partial charge in [0.15, 0.2) is 6.29 Å². The van der Waals surface area contributed by atoms with Gasteiger partial charge in [-0.05, 0) is 41.2 Å². The van der Waals surface area contributed by atoms with Gasteiger partial charge < -0.3 is 24.8 Å². The number of rotatable bonds is 15. The van der Waals surface area contributed by atoms with Crippen molar-refractivity contribution in [2.75, 3.05) is 26.4 Å². The number of esters is 1. The van der Waals surface area contributed by atoms with Gasteiger partial charge in [-0.2, -0.15) is 0 Å². The Labute approximate surface area is 206 Å². The van der Waals surface area contributed by atoms with Gasteiger partial charge in [0.05, 0.1) is 25.4 Å². The predicted molar refractivity (Wildman–Crippen MR) is 133 cm³/mol. The second kappa shape index (κ2) is 14.5. The van der Waals surface area contributed by atoms with E-state index in [1.807, 2.05) is 36.4 Å². The molecule has 0 radical (unpaired) electrons. The second-order valence-electron chi connectivity index (χ2n) is 8.44. The third-order valence-electron chi connectivity index (χ3n) is 5.72. The number of aryl methyl sites for hydroxylation is 1. The molecule has 0 aromatic heterocycles. The minimum absolute atomic E-state index is 0.0283. The van der Waals surface area contributed by atoms with Crippen molar-refractivity contribution in [3.63, 3.8) is 0 Å². The molecule has 2 aromatic carbocycles. The van der Waals surface area contributed by atoms with Crippen molar-refractivity contribution >= 4 is 5.97 Å². The summed E-state index contributed by atoms with van der Waals surface area (Å²) in [7, 11) is 0. The quantitative estimate of drug-likeness (QED) is 0.114. The molecule has 3 N–H and O–H groups in total. The Morgan fingerprint density at radius 2 is 1.69 bits per heavy atom. The van der Waals surface area contributed by atoms with Crippen LogP contribution in [0.25, 0.3) is 11.1 Å². The number of hydrogen-bond donors (Lipinski definition) is 3. The average Bonchev–Trinajstić information content (AvgIpc) is 2.88. The Bertz CT molecular complexity index is 985. The zero-order valence-corrected chi connectivity index (χ0v) is 20.2. The van der Waals surface area contributed by atoms with Gasteiger partial charge >= 0.3 is 5.97 Å². The third kappa shape index (κ3) is 8.71. The van der Waals surface area contributed by atoms with Gasteiger partial charge in [-0.1, -0.05) is 69.3 Å². The first-order valence-corrected chi connectivity index (χ1v) is 11.7. The van der Waals surface area contributed by atoms with Gasteiger partial charge in [-0.3, -0.25) is 0 Å². The van der Waals surface area contributed by atoms with Crippen molar-refractivity contribution in [1.29, 1.82) is 0 Å². The molecule has 7 heteroatoms. The Balaban J connectivity index is 2.16. The lowest BCUT2D eigenvalue weighted by molar-refractivity contribution is -0.141. The van der Waals surface area contributed by atoms with Crippen LogP contribution in [0.15, 0.2) is 66.8 Å². The number of aliphatic hydroxyl groups is 3. The van der Waals surface area contributed by atoms with E-state index < -0.39 is 31.4 Å². The van der Waals surface area contributed by atoms with Gasteiger partial charge in [0.25, 0.3) is 0 Å². The SMILES string of the molecule is C=C(CO)C(=O)OCC(COC(O)C(=C)CO)c1ccc(-c2ccc(CCCCC)c(F)c2)cc1. The summed E-state index contributed by atoms with van der Waals surface area (Å²) >= 11 is 0. The van der Waals surface area contributed by atoms with E-state index in [4.69, 9.17) is 19.7 Å². The zero-order chi connectivity index (χ0) is 25.8. The normalized spacial score (nSPS) is 12.7. The molecule has 2 rings (SSSR count). The lowest BCUT2D eigenvalue weighted by atomic mass is 9.96. The van der Waals surface area contributed by atoms with Crippen LogP contribution >= 0.6 is 0 Å². The third-order valence-corrected chi connectivity index (χ3v) is 5.72. The first-order chi connectivity index (χ1) is 16.8. The number of hydrogen-bond acceptors (Lipinski definition) is 6. The summed E-state index contributed by atoms with van der Waals surface area (Å²) in [6, 6.07) is 12.6. The fourth-order valence-electron chi connectivity index (χ4n) is 3.43. The highest BCUT2D eigenvalue weighted by Crippen LogP contribution is 2.26. The smallest absolute Gasteiger partial charge is 0.335 e. The standard InChI is InChI=1S/C28H35FO6/c1-4-5-6-7-23-12-13-24(14-26(23)29)21-8-10-22(11-9-21)25(17-34-27(32)19(2)15-30)18-35-28(33)20(3)16-31/h8-14,25,27,30-32H,2-7,15-18H2,1H3. The van der Waals surface area contributed by atoms with Gasteiger partial charge in [0.2, 0.25) is 0 Å². The molecule has 0 spiro atoms. The van der Waals surface area contributed by atoms with Gasteiger partial charge in [-0.15, -0.1) is 0 Å². The molecule has 2 atom stereocenters. The molecular weight excluding hydrogens is 451 g/mol. The van der Waals surface area contributed by atoms with Crippen LogP contribution < -0.4 is 0 Å². The maximum atomic E-state index is 14.6. The van der Waals surface area contributed by atoms with Gasteiger partial charge in [0.1, 0.15) is 12.4 Å². The molecule has 0 saturated heterocycles. The van der Waals surface area contributed by atoms with Crippen molar-refractivity contribution in [3.8, 4) is 11.1 Å². The van der Waals surface area contributed by atoms with Crippen molar-refractivity contribution in [2.24, 2.45) is 0 Å². The molecule has 6 nitrogen and oxygen atoms in total. The molecule has 0 aliphatic carbocycles. The summed E-state index contributed by atoms with van der Waals surface area (Å²) in [4.78, 5) is 11.9. The number of unbranched alkanes of at least 4 members (excludes halogenated alkanes) is 2. The molecular formula is C28H35FO6. The number of carbonyl (C=O) groups excluding carboxylic acids is 1. The van der Waals surface area contributed by atoms with Crippen LogP contribution in [-0.4, -0.2) is 54.0 Å². The minimum atomic E-state index is -1.37. The highest BCUT2D eigenvalue weighted by molar-refractivity contribution is 5.87. The van der Waals surface area contributed by atoms with Crippen LogP contribution in [0.4, 0.5) is 4.39 Å². The number of halogens is 1. The van der Waals surface area contributed by atoms with Crippen LogP contribution in [0, 0.1) is 5.82 Å². The molecule has 190 valence electrons. The average molecular weight is 487 g/mol. The molecule has 2 aromatic rings. The summed E-state index contributed by atoms with van der Waals surface area (Å²) < 4.78 is 25.2. The highest BCUT2D eigenvalue weighted by Gasteiger charge is 2.19. The number of aliphatic hydroxyl groups excluding tert-OH is 3. The summed E-state index contributed by atoms with van der Waals surface area (Å²) in [5, 5.41) is 28.1. The van der Waals surface area contributed by atoms with E-state index in [-0.39, 0.29) is 30.2 Å². The zero-order valence-electron chi connectivity index (χ0n) is 20.2. The van der Waals surface area contributed by atoms with Crippen molar-refractivity contribution in [3.05, 3.63) is 83.7 Å². The molecule has 0 bridgehead atoms. The van der Waals surface area contributed by atoms with Crippen molar-refractivity contribution in [1.82, 2.24) is 0 Å². The Kier molecular flexibility index (Phi) is 11.8. The van der Waals surface area contributed by atoms with Crippen LogP contribution in [0.2, 0.25) is 0 Å². The molecule has 0 amide bonds. The van der Waals surface area contributed by atoms with Gasteiger partial charge in [-0.25, -0.2) is 9.18 Å². The minimum Gasteiger partial charge on any atom is -0.462 e. The number of ether oxygens (including phenoxy) is 2. The largest absolute Gasteiger partial charge is 0.462 e. The molecule has 0 heterocycles. The fourth-order valence-corrected chi connectivity index (χ4v) is 3.43. The highest BCUT2D eigenvalue weighted by atomic mass is 19.1. The lowest BCUT2D eigenvalue weighted by Crippen LogP contribution is -2.24. The monoisotopic (exact) mass is 486 g/mol. The number of carbonyl (C=O) groups is 1. The Hall–Kier alpha value is -2.84. The lowest BCUT2D eigenvalue weighted by Gasteiger charge is -2.21.